The molecule has 1 aliphatic rings. The Morgan fingerprint density at radius 3 is 3.08 bits per heavy atom. The summed E-state index contributed by atoms with van der Waals surface area (Å²) in [6, 6.07) is 10.2. The molecule has 1 saturated heterocycles. The molecular weight excluding hydrogens is 320 g/mol. The molecule has 1 N–H and O–H groups in total. The molecule has 3 aromatic rings. The van der Waals surface area contributed by atoms with Crippen LogP contribution in [0.15, 0.2) is 58.1 Å². The minimum atomic E-state index is -0.326. The zero-order valence-corrected chi connectivity index (χ0v) is 13.6. The number of amides is 1. The molecule has 128 valence electrons. The van der Waals surface area contributed by atoms with E-state index in [2.05, 4.69) is 10.3 Å². The van der Waals surface area contributed by atoms with Crippen molar-refractivity contribution < 1.29 is 9.21 Å². The number of hydrogen-bond acceptors (Lipinski definition) is 5. The number of carbonyl (C=O) groups excluding carboxylic acids is 1. The number of carbonyl (C=O) groups is 1. The SMILES string of the molecule is O=C(NCc1ccco1)C1CCCN1c1cc(=O)n2ccccc2n1. The van der Waals surface area contributed by atoms with Crippen molar-refractivity contribution >= 4 is 17.4 Å². The topological polar surface area (TPSA) is 79.9 Å². The Balaban J connectivity index is 1.56. The monoisotopic (exact) mass is 338 g/mol. The fourth-order valence-corrected chi connectivity index (χ4v) is 3.21. The summed E-state index contributed by atoms with van der Waals surface area (Å²) in [5, 5.41) is 2.89. The van der Waals surface area contributed by atoms with Crippen LogP contribution < -0.4 is 15.8 Å². The summed E-state index contributed by atoms with van der Waals surface area (Å²) in [7, 11) is 0. The van der Waals surface area contributed by atoms with Crippen LogP contribution in [-0.4, -0.2) is 27.9 Å². The lowest BCUT2D eigenvalue weighted by Crippen LogP contribution is -2.43. The number of hydrogen-bond donors (Lipinski definition) is 1. The van der Waals surface area contributed by atoms with Gasteiger partial charge in [0.05, 0.1) is 12.8 Å². The third kappa shape index (κ3) is 3.00. The van der Waals surface area contributed by atoms with Crippen LogP contribution >= 0.6 is 0 Å². The molecule has 7 nitrogen and oxygen atoms in total. The van der Waals surface area contributed by atoms with Crippen LogP contribution in [0.2, 0.25) is 0 Å². The van der Waals surface area contributed by atoms with Gasteiger partial charge in [-0.15, -0.1) is 0 Å². The number of furan rings is 1. The van der Waals surface area contributed by atoms with Gasteiger partial charge in [-0.25, -0.2) is 4.98 Å². The van der Waals surface area contributed by atoms with Gasteiger partial charge in [0.15, 0.2) is 0 Å². The highest BCUT2D eigenvalue weighted by atomic mass is 16.3. The first-order chi connectivity index (χ1) is 12.2. The van der Waals surface area contributed by atoms with E-state index in [-0.39, 0.29) is 17.5 Å². The van der Waals surface area contributed by atoms with Gasteiger partial charge in [0.1, 0.15) is 23.3 Å². The quantitative estimate of drug-likeness (QED) is 0.781. The highest BCUT2D eigenvalue weighted by Crippen LogP contribution is 2.23. The molecule has 0 radical (unpaired) electrons. The number of pyridine rings is 1. The fraction of sp³-hybridized carbons (Fsp3) is 0.278. The Kier molecular flexibility index (Phi) is 3.97. The average molecular weight is 338 g/mol. The van der Waals surface area contributed by atoms with Gasteiger partial charge < -0.3 is 14.6 Å². The minimum Gasteiger partial charge on any atom is -0.467 e. The lowest BCUT2D eigenvalue weighted by Gasteiger charge is -2.24. The van der Waals surface area contributed by atoms with E-state index < -0.39 is 0 Å². The van der Waals surface area contributed by atoms with Crippen molar-refractivity contribution in [1.29, 1.82) is 0 Å². The van der Waals surface area contributed by atoms with E-state index in [4.69, 9.17) is 4.42 Å². The van der Waals surface area contributed by atoms with Crippen LogP contribution in [0.5, 0.6) is 0 Å². The Labute approximate surface area is 143 Å². The van der Waals surface area contributed by atoms with Gasteiger partial charge in [-0.05, 0) is 37.1 Å². The summed E-state index contributed by atoms with van der Waals surface area (Å²) in [4.78, 5) is 31.3. The third-order valence-corrected chi connectivity index (χ3v) is 4.42. The summed E-state index contributed by atoms with van der Waals surface area (Å²) in [6.07, 6.45) is 4.89. The van der Waals surface area contributed by atoms with Crippen molar-refractivity contribution in [2.45, 2.75) is 25.4 Å². The molecular formula is C18H18N4O3. The molecule has 1 aliphatic heterocycles. The first-order valence-electron chi connectivity index (χ1n) is 8.27. The van der Waals surface area contributed by atoms with E-state index in [1.54, 1.807) is 30.7 Å². The Bertz CT molecular complexity index is 948. The zero-order valence-electron chi connectivity index (χ0n) is 13.6. The molecule has 1 unspecified atom stereocenters. The summed E-state index contributed by atoms with van der Waals surface area (Å²) in [6.45, 7) is 1.05. The maximum absolute atomic E-state index is 12.6. The van der Waals surface area contributed by atoms with Crippen molar-refractivity contribution in [2.75, 3.05) is 11.4 Å². The van der Waals surface area contributed by atoms with Gasteiger partial charge in [-0.1, -0.05) is 6.07 Å². The lowest BCUT2D eigenvalue weighted by atomic mass is 10.2. The normalized spacial score (nSPS) is 17.1. The van der Waals surface area contributed by atoms with Gasteiger partial charge in [0.25, 0.3) is 5.56 Å². The minimum absolute atomic E-state index is 0.0797. The van der Waals surface area contributed by atoms with Crippen LogP contribution in [0.25, 0.3) is 5.65 Å². The van der Waals surface area contributed by atoms with Crippen molar-refractivity contribution in [3.8, 4) is 0 Å². The van der Waals surface area contributed by atoms with Crippen LogP contribution in [0.3, 0.4) is 0 Å². The molecule has 1 fully saturated rings. The number of nitrogens with zero attached hydrogens (tertiary/aromatic N) is 3. The number of fused-ring (bicyclic) bond motifs is 1. The molecule has 4 rings (SSSR count). The van der Waals surface area contributed by atoms with E-state index in [0.29, 0.717) is 30.3 Å². The Morgan fingerprint density at radius 1 is 1.32 bits per heavy atom. The second-order valence-electron chi connectivity index (χ2n) is 6.03. The lowest BCUT2D eigenvalue weighted by molar-refractivity contribution is -0.122. The predicted molar refractivity (Wildman–Crippen MR) is 92.4 cm³/mol. The van der Waals surface area contributed by atoms with Gasteiger partial charge in [-0.2, -0.15) is 0 Å². The molecule has 3 aromatic heterocycles. The molecule has 1 amide bonds. The van der Waals surface area contributed by atoms with Crippen LogP contribution in [0.4, 0.5) is 5.82 Å². The maximum atomic E-state index is 12.6. The summed E-state index contributed by atoms with van der Waals surface area (Å²) >= 11 is 0. The van der Waals surface area contributed by atoms with Crippen molar-refractivity contribution in [2.24, 2.45) is 0 Å². The van der Waals surface area contributed by atoms with Gasteiger partial charge in [-0.3, -0.25) is 14.0 Å². The molecule has 0 saturated carbocycles. The van der Waals surface area contributed by atoms with Crippen molar-refractivity contribution in [1.82, 2.24) is 14.7 Å². The highest BCUT2D eigenvalue weighted by Gasteiger charge is 2.32. The second-order valence-corrected chi connectivity index (χ2v) is 6.03. The van der Waals surface area contributed by atoms with Gasteiger partial charge in [0, 0.05) is 18.8 Å². The first kappa shape index (κ1) is 15.4. The molecule has 0 spiro atoms. The second kappa shape index (κ2) is 6.43. The van der Waals surface area contributed by atoms with Crippen molar-refractivity contribution in [3.63, 3.8) is 0 Å². The fourth-order valence-electron chi connectivity index (χ4n) is 3.21. The van der Waals surface area contributed by atoms with Crippen LogP contribution in [0, 0.1) is 0 Å². The third-order valence-electron chi connectivity index (χ3n) is 4.42. The average Bonchev–Trinajstić information content (AvgIpc) is 3.31. The van der Waals surface area contributed by atoms with Crippen molar-refractivity contribution in [3.05, 3.63) is 65.0 Å². The highest BCUT2D eigenvalue weighted by molar-refractivity contribution is 5.85. The Morgan fingerprint density at radius 2 is 2.24 bits per heavy atom. The molecule has 7 heteroatoms. The molecule has 0 aromatic carbocycles. The number of aromatic nitrogens is 2. The van der Waals surface area contributed by atoms with E-state index >= 15 is 0 Å². The van der Waals surface area contributed by atoms with Crippen LogP contribution in [0.1, 0.15) is 18.6 Å². The van der Waals surface area contributed by atoms with E-state index in [1.165, 1.54) is 10.5 Å². The van der Waals surface area contributed by atoms with E-state index in [1.807, 2.05) is 17.0 Å². The molecule has 4 heterocycles. The van der Waals surface area contributed by atoms with Gasteiger partial charge in [0.2, 0.25) is 5.91 Å². The molecule has 1 atom stereocenters. The number of nitrogens with one attached hydrogen (secondary N) is 1. The first-order valence-corrected chi connectivity index (χ1v) is 8.27. The Hall–Kier alpha value is -3.09. The van der Waals surface area contributed by atoms with Gasteiger partial charge >= 0.3 is 0 Å². The van der Waals surface area contributed by atoms with Crippen LogP contribution in [-0.2, 0) is 11.3 Å². The predicted octanol–water partition coefficient (Wildman–Crippen LogP) is 1.57. The van der Waals surface area contributed by atoms with E-state index in [9.17, 15) is 9.59 Å². The van der Waals surface area contributed by atoms with E-state index in [0.717, 1.165) is 12.8 Å². The molecule has 0 aliphatic carbocycles. The maximum Gasteiger partial charge on any atom is 0.259 e. The summed E-state index contributed by atoms with van der Waals surface area (Å²) in [5.74, 6) is 1.18. The number of rotatable bonds is 4. The standard InChI is InChI=1S/C18H18N4O3/c23-17-11-16(20-15-7-1-2-8-22(15)17)21-9-3-6-14(21)18(24)19-12-13-5-4-10-25-13/h1-2,4-5,7-8,10-11,14H,3,6,9,12H2,(H,19,24). The zero-order chi connectivity index (χ0) is 17.2. The molecule has 25 heavy (non-hydrogen) atoms. The largest absolute Gasteiger partial charge is 0.467 e. The smallest absolute Gasteiger partial charge is 0.259 e. The summed E-state index contributed by atoms with van der Waals surface area (Å²) in [5.41, 5.74) is 0.425. The number of anilines is 1. The molecule has 0 bridgehead atoms. The summed E-state index contributed by atoms with van der Waals surface area (Å²) < 4.78 is 6.73.